The molecular weight excluding hydrogens is 408 g/mol. The average Bonchev–Trinajstić information content (AvgIpc) is 3.47. The molecule has 0 spiro atoms. The summed E-state index contributed by atoms with van der Waals surface area (Å²) in [4.78, 5) is 12.4. The number of carbonyl (C=O) groups excluding carboxylic acids is 1. The minimum Gasteiger partial charge on any atom is -0.461 e. The van der Waals surface area contributed by atoms with Crippen molar-refractivity contribution in [3.05, 3.63) is 23.4 Å². The third kappa shape index (κ3) is 4.69. The summed E-state index contributed by atoms with van der Waals surface area (Å²) in [6.07, 6.45) is 7.75. The van der Waals surface area contributed by atoms with Gasteiger partial charge in [-0.1, -0.05) is 42.4 Å². The number of hydrogen-bond acceptors (Lipinski definition) is 8. The van der Waals surface area contributed by atoms with Gasteiger partial charge in [0.25, 0.3) is 0 Å². The molecule has 1 N–H and O–H groups in total. The zero-order valence-corrected chi connectivity index (χ0v) is 18.1. The highest BCUT2D eigenvalue weighted by molar-refractivity contribution is 7.99. The van der Waals surface area contributed by atoms with Gasteiger partial charge in [0.1, 0.15) is 5.01 Å². The monoisotopic (exact) mass is 432 g/mol. The SMILES string of the molecule is CC(C)n1c(SCC(=O)Nc2nnc(C3CCCCC3)s2)nnc1-c1ccco1. The van der Waals surface area contributed by atoms with Crippen LogP contribution in [0.4, 0.5) is 5.13 Å². The minimum atomic E-state index is -0.126. The Morgan fingerprint density at radius 2 is 2.10 bits per heavy atom. The molecule has 29 heavy (non-hydrogen) atoms. The Labute approximate surface area is 177 Å². The molecule has 4 rings (SSSR count). The molecule has 0 bridgehead atoms. The highest BCUT2D eigenvalue weighted by Gasteiger charge is 2.21. The summed E-state index contributed by atoms with van der Waals surface area (Å²) in [6, 6.07) is 3.80. The molecule has 0 aliphatic heterocycles. The maximum absolute atomic E-state index is 12.4. The lowest BCUT2D eigenvalue weighted by molar-refractivity contribution is -0.113. The van der Waals surface area contributed by atoms with Crippen LogP contribution in [0.1, 0.15) is 62.9 Å². The number of thioether (sulfide) groups is 1. The lowest BCUT2D eigenvalue weighted by Gasteiger charge is -2.18. The topological polar surface area (TPSA) is 98.7 Å². The number of furan rings is 1. The van der Waals surface area contributed by atoms with Crippen LogP contribution in [-0.4, -0.2) is 36.6 Å². The van der Waals surface area contributed by atoms with Crippen molar-refractivity contribution in [2.45, 2.75) is 63.1 Å². The molecule has 8 nitrogen and oxygen atoms in total. The van der Waals surface area contributed by atoms with E-state index in [0.29, 0.717) is 27.8 Å². The predicted molar refractivity (Wildman–Crippen MR) is 113 cm³/mol. The normalized spacial score (nSPS) is 15.1. The smallest absolute Gasteiger partial charge is 0.236 e. The van der Waals surface area contributed by atoms with Gasteiger partial charge in [-0.25, -0.2) is 0 Å². The van der Waals surface area contributed by atoms with Crippen molar-refractivity contribution in [2.24, 2.45) is 0 Å². The summed E-state index contributed by atoms with van der Waals surface area (Å²) in [5, 5.41) is 22.1. The second-order valence-electron chi connectivity index (χ2n) is 7.36. The Bertz CT molecular complexity index is 944. The van der Waals surface area contributed by atoms with E-state index < -0.39 is 0 Å². The average molecular weight is 433 g/mol. The number of rotatable bonds is 7. The maximum Gasteiger partial charge on any atom is 0.236 e. The molecule has 1 saturated carbocycles. The van der Waals surface area contributed by atoms with Gasteiger partial charge in [0.15, 0.2) is 10.9 Å². The van der Waals surface area contributed by atoms with E-state index in [1.807, 2.05) is 30.5 Å². The van der Waals surface area contributed by atoms with Gasteiger partial charge >= 0.3 is 0 Å². The number of amides is 1. The standard InChI is InChI=1S/C19H24N6O2S2/c1-12(2)25-16(14-9-6-10-27-14)21-24-19(25)28-11-15(26)20-18-23-22-17(29-18)13-7-4-3-5-8-13/h6,9-10,12-13H,3-5,7-8,11H2,1-2H3,(H,20,23,26). The van der Waals surface area contributed by atoms with Gasteiger partial charge in [0.2, 0.25) is 16.9 Å². The summed E-state index contributed by atoms with van der Waals surface area (Å²) in [6.45, 7) is 4.10. The third-order valence-electron chi connectivity index (χ3n) is 4.90. The Balaban J connectivity index is 1.37. The Morgan fingerprint density at radius 3 is 2.83 bits per heavy atom. The van der Waals surface area contributed by atoms with Crippen molar-refractivity contribution < 1.29 is 9.21 Å². The Kier molecular flexibility index (Phi) is 6.29. The molecule has 0 atom stereocenters. The molecule has 3 aromatic rings. The fourth-order valence-electron chi connectivity index (χ4n) is 3.50. The fourth-order valence-corrected chi connectivity index (χ4v) is 5.30. The quantitative estimate of drug-likeness (QED) is 0.538. The first-order valence-electron chi connectivity index (χ1n) is 9.86. The van der Waals surface area contributed by atoms with Crippen LogP contribution >= 0.6 is 23.1 Å². The number of carbonyl (C=O) groups is 1. The first-order chi connectivity index (χ1) is 14.1. The molecule has 0 unspecified atom stereocenters. The fraction of sp³-hybridized carbons (Fsp3) is 0.526. The molecular formula is C19H24N6O2S2. The van der Waals surface area contributed by atoms with Crippen LogP contribution < -0.4 is 5.32 Å². The van der Waals surface area contributed by atoms with Crippen LogP contribution in [0.15, 0.2) is 28.0 Å². The molecule has 1 amide bonds. The summed E-state index contributed by atoms with van der Waals surface area (Å²) < 4.78 is 7.43. The second-order valence-corrected chi connectivity index (χ2v) is 9.32. The van der Waals surface area contributed by atoms with Gasteiger partial charge in [-0.15, -0.1) is 20.4 Å². The van der Waals surface area contributed by atoms with Crippen LogP contribution in [0.25, 0.3) is 11.6 Å². The molecule has 1 aliphatic rings. The van der Waals surface area contributed by atoms with E-state index in [9.17, 15) is 4.79 Å². The number of nitrogens with one attached hydrogen (secondary N) is 1. The Hall–Kier alpha value is -2.20. The third-order valence-corrected chi connectivity index (χ3v) is 6.84. The highest BCUT2D eigenvalue weighted by Crippen LogP contribution is 2.35. The zero-order chi connectivity index (χ0) is 20.2. The first-order valence-corrected chi connectivity index (χ1v) is 11.7. The molecule has 0 aromatic carbocycles. The van der Waals surface area contributed by atoms with Gasteiger partial charge in [0, 0.05) is 12.0 Å². The van der Waals surface area contributed by atoms with E-state index in [4.69, 9.17) is 4.42 Å². The van der Waals surface area contributed by atoms with Crippen LogP contribution in [0.5, 0.6) is 0 Å². The zero-order valence-electron chi connectivity index (χ0n) is 16.5. The number of anilines is 1. The summed E-state index contributed by atoms with van der Waals surface area (Å²) in [5.74, 6) is 1.91. The van der Waals surface area contributed by atoms with E-state index in [-0.39, 0.29) is 17.7 Å². The number of hydrogen-bond donors (Lipinski definition) is 1. The van der Waals surface area contributed by atoms with Crippen LogP contribution in [0.2, 0.25) is 0 Å². The second kappa shape index (κ2) is 9.08. The molecule has 3 heterocycles. The van der Waals surface area contributed by atoms with Crippen molar-refractivity contribution in [3.8, 4) is 11.6 Å². The lowest BCUT2D eigenvalue weighted by atomic mass is 9.90. The molecule has 10 heteroatoms. The van der Waals surface area contributed by atoms with Gasteiger partial charge in [-0.3, -0.25) is 14.7 Å². The highest BCUT2D eigenvalue weighted by atomic mass is 32.2. The van der Waals surface area contributed by atoms with E-state index in [2.05, 4.69) is 25.7 Å². The maximum atomic E-state index is 12.4. The van der Waals surface area contributed by atoms with E-state index in [1.54, 1.807) is 6.26 Å². The number of aromatic nitrogens is 5. The summed E-state index contributed by atoms with van der Waals surface area (Å²) in [5.41, 5.74) is 0. The molecule has 154 valence electrons. The van der Waals surface area contributed by atoms with Crippen molar-refractivity contribution in [1.29, 1.82) is 0 Å². The van der Waals surface area contributed by atoms with Crippen molar-refractivity contribution >= 4 is 34.1 Å². The van der Waals surface area contributed by atoms with Gasteiger partial charge in [0.05, 0.1) is 12.0 Å². The van der Waals surface area contributed by atoms with Crippen molar-refractivity contribution in [2.75, 3.05) is 11.1 Å². The van der Waals surface area contributed by atoms with Crippen LogP contribution in [-0.2, 0) is 4.79 Å². The molecule has 1 fully saturated rings. The minimum absolute atomic E-state index is 0.126. The van der Waals surface area contributed by atoms with Gasteiger partial charge in [-0.2, -0.15) is 0 Å². The van der Waals surface area contributed by atoms with E-state index >= 15 is 0 Å². The van der Waals surface area contributed by atoms with Gasteiger partial charge < -0.3 is 4.42 Å². The van der Waals surface area contributed by atoms with Crippen molar-refractivity contribution in [3.63, 3.8) is 0 Å². The van der Waals surface area contributed by atoms with Gasteiger partial charge in [-0.05, 0) is 38.8 Å². The Morgan fingerprint density at radius 1 is 1.28 bits per heavy atom. The van der Waals surface area contributed by atoms with Crippen LogP contribution in [0.3, 0.4) is 0 Å². The number of nitrogens with zero attached hydrogens (tertiary/aromatic N) is 5. The van der Waals surface area contributed by atoms with E-state index in [1.165, 1.54) is 55.2 Å². The molecule has 3 aromatic heterocycles. The molecule has 0 saturated heterocycles. The first kappa shape index (κ1) is 20.1. The molecule has 1 aliphatic carbocycles. The molecule has 0 radical (unpaired) electrons. The summed E-state index contributed by atoms with van der Waals surface area (Å²) >= 11 is 2.84. The van der Waals surface area contributed by atoms with Crippen LogP contribution in [0, 0.1) is 0 Å². The lowest BCUT2D eigenvalue weighted by Crippen LogP contribution is -2.15. The van der Waals surface area contributed by atoms with Crippen molar-refractivity contribution in [1.82, 2.24) is 25.0 Å². The summed E-state index contributed by atoms with van der Waals surface area (Å²) in [7, 11) is 0. The largest absolute Gasteiger partial charge is 0.461 e. The van der Waals surface area contributed by atoms with E-state index in [0.717, 1.165) is 5.01 Å². The predicted octanol–water partition coefficient (Wildman–Crippen LogP) is 4.75.